The molecule has 1 aromatic carbocycles. The van der Waals surface area contributed by atoms with Gasteiger partial charge in [0.15, 0.2) is 5.65 Å². The van der Waals surface area contributed by atoms with Crippen molar-refractivity contribution in [2.24, 2.45) is 0 Å². The standard InChI is InChI=1S/C19H20N4O2/c1-13-16-10-15(21-19(24)17-8-5-9-25-17)11-20-18(16)23(22-13)12-14-6-3-2-4-7-14/h2-4,6-7,10-11,17H,5,8-9,12H2,1H3,(H,21,24). The highest BCUT2D eigenvalue weighted by molar-refractivity contribution is 5.96. The molecule has 0 aliphatic carbocycles. The number of nitrogens with zero attached hydrogens (tertiary/aromatic N) is 3. The summed E-state index contributed by atoms with van der Waals surface area (Å²) < 4.78 is 7.31. The monoisotopic (exact) mass is 336 g/mol. The first-order valence-corrected chi connectivity index (χ1v) is 8.50. The number of carbonyl (C=O) groups is 1. The van der Waals surface area contributed by atoms with Gasteiger partial charge in [-0.25, -0.2) is 9.67 Å². The van der Waals surface area contributed by atoms with E-state index in [1.54, 1.807) is 6.20 Å². The Hall–Kier alpha value is -2.73. The van der Waals surface area contributed by atoms with E-state index in [-0.39, 0.29) is 12.0 Å². The maximum absolute atomic E-state index is 12.2. The van der Waals surface area contributed by atoms with Crippen molar-refractivity contribution in [3.63, 3.8) is 0 Å². The number of fused-ring (bicyclic) bond motifs is 1. The summed E-state index contributed by atoms with van der Waals surface area (Å²) in [7, 11) is 0. The van der Waals surface area contributed by atoms with Gasteiger partial charge in [-0.15, -0.1) is 0 Å². The van der Waals surface area contributed by atoms with Gasteiger partial charge < -0.3 is 10.1 Å². The fraction of sp³-hybridized carbons (Fsp3) is 0.316. The normalized spacial score (nSPS) is 17.1. The molecule has 3 aromatic rings. The molecule has 4 rings (SSSR count). The van der Waals surface area contributed by atoms with E-state index in [0.29, 0.717) is 18.8 Å². The Labute approximate surface area is 145 Å². The number of hydrogen-bond donors (Lipinski definition) is 1. The second-order valence-corrected chi connectivity index (χ2v) is 6.31. The van der Waals surface area contributed by atoms with Crippen molar-refractivity contribution in [1.82, 2.24) is 14.8 Å². The number of rotatable bonds is 4. The second kappa shape index (κ2) is 6.64. The number of hydrogen-bond acceptors (Lipinski definition) is 4. The number of nitrogens with one attached hydrogen (secondary N) is 1. The predicted molar refractivity (Wildman–Crippen MR) is 95.4 cm³/mol. The van der Waals surface area contributed by atoms with Crippen LogP contribution in [0, 0.1) is 6.92 Å². The number of ether oxygens (including phenoxy) is 1. The Balaban J connectivity index is 1.58. The minimum absolute atomic E-state index is 0.104. The third-order valence-corrected chi connectivity index (χ3v) is 4.44. The molecule has 1 fully saturated rings. The van der Waals surface area contributed by atoms with Crippen LogP contribution in [0.3, 0.4) is 0 Å². The average Bonchev–Trinajstić information content (AvgIpc) is 3.25. The van der Waals surface area contributed by atoms with Crippen molar-refractivity contribution in [2.75, 3.05) is 11.9 Å². The highest BCUT2D eigenvalue weighted by Gasteiger charge is 2.23. The van der Waals surface area contributed by atoms with Crippen LogP contribution in [0.4, 0.5) is 5.69 Å². The van der Waals surface area contributed by atoms with E-state index in [2.05, 4.69) is 27.5 Å². The topological polar surface area (TPSA) is 69.0 Å². The molecule has 1 N–H and O–H groups in total. The quantitative estimate of drug-likeness (QED) is 0.795. The summed E-state index contributed by atoms with van der Waals surface area (Å²) in [6, 6.07) is 12.1. The molecule has 6 heteroatoms. The predicted octanol–water partition coefficient (Wildman–Crippen LogP) is 2.91. The summed E-state index contributed by atoms with van der Waals surface area (Å²) in [5.74, 6) is -0.104. The molecule has 0 saturated carbocycles. The van der Waals surface area contributed by atoms with Gasteiger partial charge in [0.2, 0.25) is 0 Å². The first-order valence-electron chi connectivity index (χ1n) is 8.50. The molecule has 128 valence electrons. The van der Waals surface area contributed by atoms with Crippen molar-refractivity contribution in [3.05, 3.63) is 53.9 Å². The highest BCUT2D eigenvalue weighted by atomic mass is 16.5. The molecule has 1 saturated heterocycles. The molecule has 1 atom stereocenters. The molecular weight excluding hydrogens is 316 g/mol. The number of benzene rings is 1. The van der Waals surface area contributed by atoms with E-state index in [1.807, 2.05) is 35.9 Å². The summed E-state index contributed by atoms with van der Waals surface area (Å²) in [5, 5.41) is 8.44. The lowest BCUT2D eigenvalue weighted by molar-refractivity contribution is -0.124. The Kier molecular flexibility index (Phi) is 4.19. The minimum Gasteiger partial charge on any atom is -0.368 e. The molecular formula is C19H20N4O2. The number of aryl methyl sites for hydroxylation is 1. The van der Waals surface area contributed by atoms with Crippen LogP contribution in [-0.2, 0) is 16.1 Å². The van der Waals surface area contributed by atoms with E-state index in [1.165, 1.54) is 5.56 Å². The third kappa shape index (κ3) is 3.25. The molecule has 2 aromatic heterocycles. The van der Waals surface area contributed by atoms with Crippen LogP contribution in [0.1, 0.15) is 24.1 Å². The Morgan fingerprint density at radius 1 is 1.36 bits per heavy atom. The molecule has 0 spiro atoms. The SMILES string of the molecule is Cc1nn(Cc2ccccc2)c2ncc(NC(=O)C3CCCO3)cc12. The largest absolute Gasteiger partial charge is 0.368 e. The van der Waals surface area contributed by atoms with Crippen molar-refractivity contribution >= 4 is 22.6 Å². The van der Waals surface area contributed by atoms with Gasteiger partial charge in [-0.3, -0.25) is 4.79 Å². The van der Waals surface area contributed by atoms with Gasteiger partial charge in [0.1, 0.15) is 6.10 Å². The van der Waals surface area contributed by atoms with Gasteiger partial charge in [0, 0.05) is 12.0 Å². The van der Waals surface area contributed by atoms with Gasteiger partial charge in [0.05, 0.1) is 24.1 Å². The lowest BCUT2D eigenvalue weighted by Crippen LogP contribution is -2.26. The first-order chi connectivity index (χ1) is 12.2. The molecule has 3 heterocycles. The lowest BCUT2D eigenvalue weighted by Gasteiger charge is -2.10. The highest BCUT2D eigenvalue weighted by Crippen LogP contribution is 2.22. The Bertz CT molecular complexity index is 898. The zero-order valence-electron chi connectivity index (χ0n) is 14.1. The third-order valence-electron chi connectivity index (χ3n) is 4.44. The fourth-order valence-corrected chi connectivity index (χ4v) is 3.15. The summed E-state index contributed by atoms with van der Waals surface area (Å²) in [6.45, 7) is 3.28. The number of carbonyl (C=O) groups excluding carboxylic acids is 1. The zero-order valence-corrected chi connectivity index (χ0v) is 14.1. The fourth-order valence-electron chi connectivity index (χ4n) is 3.15. The van der Waals surface area contributed by atoms with E-state index < -0.39 is 0 Å². The number of aromatic nitrogens is 3. The van der Waals surface area contributed by atoms with Crippen LogP contribution in [0.25, 0.3) is 11.0 Å². The minimum atomic E-state index is -0.349. The van der Waals surface area contributed by atoms with Crippen molar-refractivity contribution in [2.45, 2.75) is 32.4 Å². The van der Waals surface area contributed by atoms with Gasteiger partial charge in [-0.1, -0.05) is 30.3 Å². The number of pyridine rings is 1. The maximum atomic E-state index is 12.2. The van der Waals surface area contributed by atoms with E-state index >= 15 is 0 Å². The molecule has 1 aliphatic rings. The molecule has 0 radical (unpaired) electrons. The van der Waals surface area contributed by atoms with Crippen LogP contribution in [0.5, 0.6) is 0 Å². The average molecular weight is 336 g/mol. The maximum Gasteiger partial charge on any atom is 0.253 e. The van der Waals surface area contributed by atoms with E-state index in [9.17, 15) is 4.79 Å². The second-order valence-electron chi connectivity index (χ2n) is 6.31. The van der Waals surface area contributed by atoms with Crippen LogP contribution >= 0.6 is 0 Å². The molecule has 1 aliphatic heterocycles. The van der Waals surface area contributed by atoms with Crippen LogP contribution < -0.4 is 5.32 Å². The van der Waals surface area contributed by atoms with Crippen LogP contribution in [-0.4, -0.2) is 33.4 Å². The summed E-state index contributed by atoms with van der Waals surface area (Å²) in [5.41, 5.74) is 3.56. The molecule has 1 amide bonds. The summed E-state index contributed by atoms with van der Waals surface area (Å²) in [4.78, 5) is 16.7. The first kappa shape index (κ1) is 15.8. The molecule has 6 nitrogen and oxygen atoms in total. The molecule has 1 unspecified atom stereocenters. The van der Waals surface area contributed by atoms with Crippen LogP contribution in [0.15, 0.2) is 42.6 Å². The Morgan fingerprint density at radius 3 is 2.96 bits per heavy atom. The van der Waals surface area contributed by atoms with E-state index in [0.717, 1.165) is 29.6 Å². The number of amides is 1. The van der Waals surface area contributed by atoms with Gasteiger partial charge in [-0.2, -0.15) is 5.10 Å². The van der Waals surface area contributed by atoms with Gasteiger partial charge in [-0.05, 0) is 31.4 Å². The Morgan fingerprint density at radius 2 is 2.20 bits per heavy atom. The number of anilines is 1. The molecule has 25 heavy (non-hydrogen) atoms. The van der Waals surface area contributed by atoms with Crippen molar-refractivity contribution < 1.29 is 9.53 Å². The van der Waals surface area contributed by atoms with Crippen LogP contribution in [0.2, 0.25) is 0 Å². The van der Waals surface area contributed by atoms with Crippen molar-refractivity contribution in [1.29, 1.82) is 0 Å². The van der Waals surface area contributed by atoms with Gasteiger partial charge >= 0.3 is 0 Å². The van der Waals surface area contributed by atoms with Gasteiger partial charge in [0.25, 0.3) is 5.91 Å². The summed E-state index contributed by atoms with van der Waals surface area (Å²) in [6.07, 6.45) is 3.03. The zero-order chi connectivity index (χ0) is 17.2. The van der Waals surface area contributed by atoms with E-state index in [4.69, 9.17) is 4.74 Å². The van der Waals surface area contributed by atoms with Crippen molar-refractivity contribution in [3.8, 4) is 0 Å². The molecule has 0 bridgehead atoms. The smallest absolute Gasteiger partial charge is 0.253 e. The summed E-state index contributed by atoms with van der Waals surface area (Å²) >= 11 is 0. The lowest BCUT2D eigenvalue weighted by atomic mass is 10.2.